The molecule has 11 nitrogen and oxygen atoms in total. The van der Waals surface area contributed by atoms with Crippen LogP contribution >= 0.6 is 0 Å². The molecule has 0 saturated carbocycles. The van der Waals surface area contributed by atoms with E-state index in [1.807, 2.05) is 140 Å². The fraction of sp³-hybridized carbons (Fsp3) is 0.429. The lowest BCUT2D eigenvalue weighted by molar-refractivity contribution is -0.141. The van der Waals surface area contributed by atoms with Gasteiger partial charge in [-0.15, -0.1) is 0 Å². The van der Waals surface area contributed by atoms with Gasteiger partial charge in [0.15, 0.2) is 5.69 Å². The third kappa shape index (κ3) is 39.7. The van der Waals surface area contributed by atoms with Gasteiger partial charge in [-0.05, 0) is 84.0 Å². The first-order valence-electron chi connectivity index (χ1n) is 18.8. The largest absolute Gasteiger partial charge is 0.435 e. The molecule has 6 rings (SSSR count). The summed E-state index contributed by atoms with van der Waals surface area (Å²) < 4.78 is 36.9. The number of aromatic nitrogens is 11. The van der Waals surface area contributed by atoms with Crippen LogP contribution in [0.2, 0.25) is 0 Å². The molecule has 0 aliphatic carbocycles. The van der Waals surface area contributed by atoms with Crippen molar-refractivity contribution in [1.29, 1.82) is 0 Å². The van der Waals surface area contributed by atoms with E-state index in [-0.39, 0.29) is 0 Å². The predicted molar refractivity (Wildman–Crippen MR) is 226 cm³/mol. The highest BCUT2D eigenvalue weighted by molar-refractivity contribution is 5.11. The fourth-order valence-electron chi connectivity index (χ4n) is 2.63. The Morgan fingerprint density at radius 3 is 1.25 bits per heavy atom. The minimum atomic E-state index is -4.33. The summed E-state index contributed by atoms with van der Waals surface area (Å²) in [5, 5.41) is 10.6. The van der Waals surface area contributed by atoms with Gasteiger partial charge in [0.2, 0.25) is 0 Å². The summed E-state index contributed by atoms with van der Waals surface area (Å²) in [4.78, 5) is 27.1. The van der Waals surface area contributed by atoms with Crippen molar-refractivity contribution in [2.75, 3.05) is 0 Å². The Morgan fingerprint density at radius 2 is 1.04 bits per heavy atom. The van der Waals surface area contributed by atoms with Crippen LogP contribution in [0, 0.1) is 41.5 Å². The van der Waals surface area contributed by atoms with E-state index < -0.39 is 11.9 Å². The quantitative estimate of drug-likeness (QED) is 0.146. The lowest BCUT2D eigenvalue weighted by Crippen LogP contribution is -2.06. The summed E-state index contributed by atoms with van der Waals surface area (Å²) in [7, 11) is 1.48. The zero-order chi connectivity index (χ0) is 44.2. The Hall–Kier alpha value is -5.53. The Kier molecular flexibility index (Phi) is 46.8. The standard InChI is InChI=1S/C6H7F3N2.C6H7N.4C5H6N2.5C2H6/c1-4-3-5(6(7,8)9)10-11(4)2;1-6-4-2-3-5-7-6;1-5-4-6-2-3-7-5;1-5-2-3-6-4-7-5;1-5-6-3-2-4-7-5;1-5-3-2-4-6-7-5;5*1-2/h3H,1-2H3;2-5H,1H3;4*2-4H,1H3;5*1-2H3. The van der Waals surface area contributed by atoms with Crippen molar-refractivity contribution in [3.8, 4) is 0 Å². The molecule has 0 atom stereocenters. The summed E-state index contributed by atoms with van der Waals surface area (Å²) in [5.74, 6) is 0.822. The second-order valence-electron chi connectivity index (χ2n) is 9.12. The first-order chi connectivity index (χ1) is 26.9. The molecule has 0 saturated heterocycles. The summed E-state index contributed by atoms with van der Waals surface area (Å²) >= 11 is 0. The van der Waals surface area contributed by atoms with E-state index in [1.165, 1.54) is 18.1 Å². The van der Waals surface area contributed by atoms with Crippen molar-refractivity contribution in [2.24, 2.45) is 7.05 Å². The van der Waals surface area contributed by atoms with Gasteiger partial charge in [-0.3, -0.25) is 19.6 Å². The molecule has 6 heterocycles. The lowest BCUT2D eigenvalue weighted by atomic mass is 10.4. The second kappa shape index (κ2) is 43.9. The number of aryl methyl sites for hydroxylation is 7. The van der Waals surface area contributed by atoms with Gasteiger partial charge in [-0.25, -0.2) is 19.9 Å². The highest BCUT2D eigenvalue weighted by Crippen LogP contribution is 2.27. The van der Waals surface area contributed by atoms with Gasteiger partial charge in [-0.2, -0.15) is 28.5 Å². The van der Waals surface area contributed by atoms with Crippen LogP contribution in [-0.2, 0) is 13.2 Å². The van der Waals surface area contributed by atoms with E-state index in [2.05, 4.69) is 50.2 Å². The number of hydrogen-bond donors (Lipinski definition) is 0. The molecule has 0 aromatic carbocycles. The van der Waals surface area contributed by atoms with Gasteiger partial charge in [0, 0.05) is 73.7 Å². The van der Waals surface area contributed by atoms with Crippen molar-refractivity contribution in [3.05, 3.63) is 144 Å². The van der Waals surface area contributed by atoms with Crippen molar-refractivity contribution in [1.82, 2.24) is 54.9 Å². The molecule has 0 aliphatic rings. The van der Waals surface area contributed by atoms with Crippen LogP contribution in [0.5, 0.6) is 0 Å². The summed E-state index contributed by atoms with van der Waals surface area (Å²) in [6.45, 7) is 31.2. The van der Waals surface area contributed by atoms with Gasteiger partial charge >= 0.3 is 6.18 Å². The normalized spacial score (nSPS) is 8.36. The van der Waals surface area contributed by atoms with E-state index in [1.54, 1.807) is 62.6 Å². The summed E-state index contributed by atoms with van der Waals surface area (Å²) in [6, 6.07) is 14.3. The van der Waals surface area contributed by atoms with Crippen LogP contribution in [0.4, 0.5) is 13.2 Å². The smallest absolute Gasteiger partial charge is 0.272 e. The fourth-order valence-corrected chi connectivity index (χ4v) is 2.63. The number of halogens is 3. The number of nitrogens with zero attached hydrogens (tertiary/aromatic N) is 11. The number of alkyl halides is 3. The highest BCUT2D eigenvalue weighted by atomic mass is 19.4. The molecule has 0 aliphatic heterocycles. The zero-order valence-electron chi connectivity index (χ0n) is 36.9. The Bertz CT molecular complexity index is 1340. The van der Waals surface area contributed by atoms with Crippen molar-refractivity contribution in [3.63, 3.8) is 0 Å². The van der Waals surface area contributed by atoms with Gasteiger partial charge in [0.1, 0.15) is 12.2 Å². The molecular weight excluding hydrogens is 716 g/mol. The number of pyridine rings is 1. The maximum absolute atomic E-state index is 11.9. The molecule has 0 N–H and O–H groups in total. The van der Waals surface area contributed by atoms with E-state index in [9.17, 15) is 13.2 Å². The Labute approximate surface area is 335 Å². The molecule has 0 unspecified atom stereocenters. The van der Waals surface area contributed by atoms with Gasteiger partial charge in [0.05, 0.1) is 11.4 Å². The average molecular weight is 784 g/mol. The lowest BCUT2D eigenvalue weighted by Gasteiger charge is -1.99. The van der Waals surface area contributed by atoms with Gasteiger partial charge in [-0.1, -0.05) is 75.3 Å². The van der Waals surface area contributed by atoms with E-state index in [0.29, 0.717) is 5.69 Å². The average Bonchev–Trinajstić information content (AvgIpc) is 3.59. The molecule has 14 heteroatoms. The van der Waals surface area contributed by atoms with Crippen LogP contribution in [0.15, 0.2) is 104 Å². The topological polar surface area (TPSA) is 134 Å². The molecule has 0 amide bonds. The van der Waals surface area contributed by atoms with Crippen LogP contribution in [0.1, 0.15) is 109 Å². The minimum absolute atomic E-state index is 0.498. The maximum atomic E-state index is 11.9. The van der Waals surface area contributed by atoms with Crippen molar-refractivity contribution in [2.45, 2.75) is 117 Å². The summed E-state index contributed by atoms with van der Waals surface area (Å²) in [6.07, 6.45) is 10.9. The molecule has 56 heavy (non-hydrogen) atoms. The molecular formula is C42H68F3N11. The van der Waals surface area contributed by atoms with Crippen molar-refractivity contribution < 1.29 is 13.2 Å². The van der Waals surface area contributed by atoms with E-state index in [0.717, 1.165) is 34.7 Å². The first-order valence-corrected chi connectivity index (χ1v) is 18.8. The minimum Gasteiger partial charge on any atom is -0.272 e. The third-order valence-electron chi connectivity index (χ3n) is 5.04. The van der Waals surface area contributed by atoms with E-state index in [4.69, 9.17) is 0 Å². The molecule has 0 bridgehead atoms. The molecule has 0 fully saturated rings. The molecule has 6 aromatic heterocycles. The highest BCUT2D eigenvalue weighted by Gasteiger charge is 2.33. The SMILES string of the molecule is CC.CC.CC.CC.CC.Cc1cc(C(F)(F)F)nn1C.Cc1ccccn1.Cc1cccnn1.Cc1ccncn1.Cc1cnccn1.Cc1ncccn1. The molecule has 0 radical (unpaired) electrons. The van der Waals surface area contributed by atoms with Crippen molar-refractivity contribution >= 4 is 0 Å². The number of hydrogen-bond acceptors (Lipinski definition) is 10. The van der Waals surface area contributed by atoms with Crippen LogP contribution in [0.25, 0.3) is 0 Å². The number of rotatable bonds is 0. The monoisotopic (exact) mass is 784 g/mol. The van der Waals surface area contributed by atoms with Gasteiger partial charge in [0.25, 0.3) is 0 Å². The molecule has 6 aromatic rings. The molecule has 0 spiro atoms. The summed E-state index contributed by atoms with van der Waals surface area (Å²) in [5.41, 5.74) is 3.66. The Morgan fingerprint density at radius 1 is 0.500 bits per heavy atom. The second-order valence-corrected chi connectivity index (χ2v) is 9.12. The zero-order valence-corrected chi connectivity index (χ0v) is 36.9. The van der Waals surface area contributed by atoms with Crippen LogP contribution < -0.4 is 0 Å². The van der Waals surface area contributed by atoms with E-state index >= 15 is 0 Å². The van der Waals surface area contributed by atoms with Crippen LogP contribution in [-0.4, -0.2) is 54.9 Å². The first kappa shape index (κ1) is 59.7. The van der Waals surface area contributed by atoms with Gasteiger partial charge < -0.3 is 0 Å². The maximum Gasteiger partial charge on any atom is 0.435 e. The predicted octanol–water partition coefficient (Wildman–Crippen LogP) is 11.4. The molecule has 312 valence electrons. The third-order valence-corrected chi connectivity index (χ3v) is 5.04. The van der Waals surface area contributed by atoms with Crippen LogP contribution in [0.3, 0.4) is 0 Å². The Balaban J connectivity index is -0.000000179.